The van der Waals surface area contributed by atoms with Crippen molar-refractivity contribution >= 4 is 5.57 Å². The lowest BCUT2D eigenvalue weighted by atomic mass is 10.3. The van der Waals surface area contributed by atoms with E-state index >= 15 is 0 Å². The van der Waals surface area contributed by atoms with Crippen molar-refractivity contribution in [3.63, 3.8) is 0 Å². The molecule has 0 saturated carbocycles. The van der Waals surface area contributed by atoms with Crippen molar-refractivity contribution in [1.29, 1.82) is 0 Å². The van der Waals surface area contributed by atoms with Gasteiger partial charge in [-0.15, -0.1) is 0 Å². The van der Waals surface area contributed by atoms with Crippen LogP contribution in [0, 0.1) is 0 Å². The molecule has 70 valence electrons. The van der Waals surface area contributed by atoms with Crippen LogP contribution in [0.3, 0.4) is 0 Å². The predicted molar refractivity (Wildman–Crippen MR) is 41.7 cm³/mol. The molecule has 5 heteroatoms. The van der Waals surface area contributed by atoms with Gasteiger partial charge in [-0.1, -0.05) is 6.58 Å². The van der Waals surface area contributed by atoms with Gasteiger partial charge in [0.25, 0.3) is 0 Å². The zero-order valence-electron chi connectivity index (χ0n) is 6.89. The molecule has 1 rings (SSSR count). The first-order valence-electron chi connectivity index (χ1n) is 3.47. The van der Waals surface area contributed by atoms with Gasteiger partial charge in [-0.25, -0.2) is 9.97 Å². The quantitative estimate of drug-likeness (QED) is 0.676. The normalized spacial score (nSPS) is 11.4. The molecule has 0 radical (unpaired) electrons. The van der Waals surface area contributed by atoms with E-state index < -0.39 is 11.9 Å². The minimum Gasteiger partial charge on any atom is -0.237 e. The predicted octanol–water partition coefficient (Wildman–Crippen LogP) is 2.53. The van der Waals surface area contributed by atoms with Crippen LogP contribution >= 0.6 is 0 Å². The Morgan fingerprint density at radius 3 is 2.54 bits per heavy atom. The number of alkyl halides is 3. The molecule has 0 aliphatic rings. The third kappa shape index (κ3) is 2.27. The Morgan fingerprint density at radius 1 is 1.46 bits per heavy atom. The Bertz CT molecular complexity index is 330. The van der Waals surface area contributed by atoms with E-state index in [9.17, 15) is 13.2 Å². The van der Waals surface area contributed by atoms with Gasteiger partial charge in [0.1, 0.15) is 5.69 Å². The van der Waals surface area contributed by atoms with Gasteiger partial charge in [0.05, 0.1) is 0 Å². The molecular formula is C8H7F3N2. The standard InChI is InChI=1S/C8H7F3N2/c1-5(2)7-12-4-3-6(13-7)8(9,10)11/h3-4H,1H2,2H3. The van der Waals surface area contributed by atoms with Crippen molar-refractivity contribution < 1.29 is 13.2 Å². The van der Waals surface area contributed by atoms with Crippen molar-refractivity contribution in [3.8, 4) is 0 Å². The number of hydrogen-bond donors (Lipinski definition) is 0. The first-order chi connectivity index (χ1) is 5.91. The molecule has 0 fully saturated rings. The summed E-state index contributed by atoms with van der Waals surface area (Å²) in [5, 5.41) is 0. The minimum absolute atomic E-state index is 0.0230. The lowest BCUT2D eigenvalue weighted by molar-refractivity contribution is -0.141. The Labute approximate surface area is 73.1 Å². The van der Waals surface area contributed by atoms with E-state index in [4.69, 9.17) is 0 Å². The average molecular weight is 188 g/mol. The van der Waals surface area contributed by atoms with Crippen molar-refractivity contribution in [2.75, 3.05) is 0 Å². The molecular weight excluding hydrogens is 181 g/mol. The number of rotatable bonds is 1. The van der Waals surface area contributed by atoms with E-state index in [0.29, 0.717) is 5.57 Å². The maximum Gasteiger partial charge on any atom is 0.433 e. The van der Waals surface area contributed by atoms with E-state index in [1.54, 1.807) is 6.92 Å². The fourth-order valence-electron chi connectivity index (χ4n) is 0.722. The first kappa shape index (κ1) is 9.70. The monoisotopic (exact) mass is 188 g/mol. The lowest BCUT2D eigenvalue weighted by Crippen LogP contribution is -2.09. The summed E-state index contributed by atoms with van der Waals surface area (Å²) in [5.41, 5.74) is -0.536. The van der Waals surface area contributed by atoms with E-state index in [1.165, 1.54) is 0 Å². The number of nitrogens with zero attached hydrogens (tertiary/aromatic N) is 2. The molecule has 0 saturated heterocycles. The molecule has 0 aliphatic carbocycles. The number of allylic oxidation sites excluding steroid dienone is 1. The summed E-state index contributed by atoms with van der Waals surface area (Å²) in [4.78, 5) is 6.95. The van der Waals surface area contributed by atoms with Crippen LogP contribution < -0.4 is 0 Å². The summed E-state index contributed by atoms with van der Waals surface area (Å²) in [5.74, 6) is 0.0230. The van der Waals surface area contributed by atoms with E-state index in [-0.39, 0.29) is 5.82 Å². The summed E-state index contributed by atoms with van der Waals surface area (Å²) < 4.78 is 36.3. The zero-order chi connectivity index (χ0) is 10.1. The Morgan fingerprint density at radius 2 is 2.08 bits per heavy atom. The molecule has 0 spiro atoms. The molecule has 1 aromatic rings. The van der Waals surface area contributed by atoms with Crippen LogP contribution in [0.1, 0.15) is 18.4 Å². The fraction of sp³-hybridized carbons (Fsp3) is 0.250. The summed E-state index contributed by atoms with van der Waals surface area (Å²) in [6.07, 6.45) is -3.35. The van der Waals surface area contributed by atoms with Crippen molar-refractivity contribution in [1.82, 2.24) is 9.97 Å². The van der Waals surface area contributed by atoms with Gasteiger partial charge in [0.2, 0.25) is 0 Å². The second kappa shape index (κ2) is 3.16. The number of hydrogen-bond acceptors (Lipinski definition) is 2. The van der Waals surface area contributed by atoms with E-state index in [0.717, 1.165) is 12.3 Å². The molecule has 0 aliphatic heterocycles. The SMILES string of the molecule is C=C(C)c1nccc(C(F)(F)F)n1. The Kier molecular flexibility index (Phi) is 2.36. The zero-order valence-corrected chi connectivity index (χ0v) is 6.89. The average Bonchev–Trinajstić information content (AvgIpc) is 2.03. The van der Waals surface area contributed by atoms with Gasteiger partial charge in [0.15, 0.2) is 5.82 Å². The molecule has 0 amide bonds. The van der Waals surface area contributed by atoms with Gasteiger partial charge in [-0.05, 0) is 18.6 Å². The van der Waals surface area contributed by atoms with Gasteiger partial charge in [-0.3, -0.25) is 0 Å². The van der Waals surface area contributed by atoms with Gasteiger partial charge in [0, 0.05) is 6.20 Å². The molecule has 0 N–H and O–H groups in total. The second-order valence-electron chi connectivity index (χ2n) is 2.54. The largest absolute Gasteiger partial charge is 0.433 e. The maximum atomic E-state index is 12.1. The third-order valence-electron chi connectivity index (χ3n) is 1.33. The summed E-state index contributed by atoms with van der Waals surface area (Å²) >= 11 is 0. The third-order valence-corrected chi connectivity index (χ3v) is 1.33. The number of aromatic nitrogens is 2. The van der Waals surface area contributed by atoms with Crippen LogP contribution in [0.5, 0.6) is 0 Å². The molecule has 13 heavy (non-hydrogen) atoms. The van der Waals surface area contributed by atoms with Crippen molar-refractivity contribution in [2.24, 2.45) is 0 Å². The molecule has 0 bridgehead atoms. The van der Waals surface area contributed by atoms with Crippen LogP contribution in [0.2, 0.25) is 0 Å². The Hall–Kier alpha value is -1.39. The first-order valence-corrected chi connectivity index (χ1v) is 3.47. The van der Waals surface area contributed by atoms with Crippen LogP contribution in [-0.2, 0) is 6.18 Å². The van der Waals surface area contributed by atoms with Gasteiger partial charge in [-0.2, -0.15) is 13.2 Å². The van der Waals surface area contributed by atoms with Crippen LogP contribution in [0.15, 0.2) is 18.8 Å². The summed E-state index contributed by atoms with van der Waals surface area (Å²) in [6, 6.07) is 0.826. The van der Waals surface area contributed by atoms with Crippen LogP contribution in [0.4, 0.5) is 13.2 Å². The Balaban J connectivity index is 3.13. The van der Waals surface area contributed by atoms with Gasteiger partial charge >= 0.3 is 6.18 Å². The maximum absolute atomic E-state index is 12.1. The minimum atomic E-state index is -4.42. The summed E-state index contributed by atoms with van der Waals surface area (Å²) in [7, 11) is 0. The van der Waals surface area contributed by atoms with Crippen molar-refractivity contribution in [3.05, 3.63) is 30.4 Å². The highest BCUT2D eigenvalue weighted by Gasteiger charge is 2.32. The topological polar surface area (TPSA) is 25.8 Å². The number of halogens is 3. The smallest absolute Gasteiger partial charge is 0.237 e. The van der Waals surface area contributed by atoms with E-state index in [2.05, 4.69) is 16.5 Å². The van der Waals surface area contributed by atoms with Crippen LogP contribution in [-0.4, -0.2) is 9.97 Å². The molecule has 2 nitrogen and oxygen atoms in total. The van der Waals surface area contributed by atoms with Crippen molar-refractivity contribution in [2.45, 2.75) is 13.1 Å². The molecule has 1 heterocycles. The summed E-state index contributed by atoms with van der Waals surface area (Å²) in [6.45, 7) is 5.01. The molecule has 0 unspecified atom stereocenters. The lowest BCUT2D eigenvalue weighted by Gasteiger charge is -2.05. The highest BCUT2D eigenvalue weighted by molar-refractivity contribution is 5.53. The molecule has 1 aromatic heterocycles. The molecule has 0 aromatic carbocycles. The van der Waals surface area contributed by atoms with E-state index in [1.807, 2.05) is 0 Å². The second-order valence-corrected chi connectivity index (χ2v) is 2.54. The van der Waals surface area contributed by atoms with Gasteiger partial charge < -0.3 is 0 Å². The molecule has 0 atom stereocenters. The highest BCUT2D eigenvalue weighted by Crippen LogP contribution is 2.27. The fourth-order valence-corrected chi connectivity index (χ4v) is 0.722. The highest BCUT2D eigenvalue weighted by atomic mass is 19.4. The van der Waals surface area contributed by atoms with Crippen LogP contribution in [0.25, 0.3) is 5.57 Å².